The van der Waals surface area contributed by atoms with E-state index >= 15 is 0 Å². The van der Waals surface area contributed by atoms with E-state index in [1.807, 2.05) is 13.0 Å². The van der Waals surface area contributed by atoms with Crippen LogP contribution in [0.5, 0.6) is 0 Å². The molecule has 1 aromatic rings. The van der Waals surface area contributed by atoms with Gasteiger partial charge in [0.15, 0.2) is 0 Å². The summed E-state index contributed by atoms with van der Waals surface area (Å²) in [6.45, 7) is 2.54. The summed E-state index contributed by atoms with van der Waals surface area (Å²) < 4.78 is 13.6. The van der Waals surface area contributed by atoms with Crippen molar-refractivity contribution in [2.75, 3.05) is 11.4 Å². The highest BCUT2D eigenvalue weighted by atomic mass is 19.1. The number of nitrogens with one attached hydrogen (secondary N) is 1. The summed E-state index contributed by atoms with van der Waals surface area (Å²) in [6.07, 6.45) is 5.51. The van der Waals surface area contributed by atoms with E-state index in [9.17, 15) is 9.18 Å². The van der Waals surface area contributed by atoms with Crippen molar-refractivity contribution in [3.05, 3.63) is 29.6 Å². The first-order valence-electron chi connectivity index (χ1n) is 6.96. The van der Waals surface area contributed by atoms with E-state index in [4.69, 9.17) is 0 Å². The minimum absolute atomic E-state index is 0.0908. The lowest BCUT2D eigenvalue weighted by Gasteiger charge is -2.40. The fourth-order valence-corrected chi connectivity index (χ4v) is 3.46. The van der Waals surface area contributed by atoms with E-state index in [0.717, 1.165) is 31.2 Å². The van der Waals surface area contributed by atoms with Crippen LogP contribution in [0.2, 0.25) is 0 Å². The summed E-state index contributed by atoms with van der Waals surface area (Å²) in [7, 11) is 0. The van der Waals surface area contributed by atoms with Crippen LogP contribution in [-0.4, -0.2) is 18.1 Å². The summed E-state index contributed by atoms with van der Waals surface area (Å²) in [5.41, 5.74) is 1.39. The molecule has 4 heteroatoms. The zero-order valence-corrected chi connectivity index (χ0v) is 11.2. The molecule has 0 atom stereocenters. The number of carbonyl (C=O) groups is 1. The van der Waals surface area contributed by atoms with Gasteiger partial charge in [-0.15, -0.1) is 0 Å². The number of benzene rings is 1. The maximum atomic E-state index is 13.6. The van der Waals surface area contributed by atoms with Crippen molar-refractivity contribution in [3.63, 3.8) is 0 Å². The predicted octanol–water partition coefficient (Wildman–Crippen LogP) is 3.37. The summed E-state index contributed by atoms with van der Waals surface area (Å²) in [5.74, 6) is -0.277. The van der Waals surface area contributed by atoms with Gasteiger partial charge in [-0.2, -0.15) is 0 Å². The highest BCUT2D eigenvalue weighted by Crippen LogP contribution is 2.39. The van der Waals surface area contributed by atoms with Gasteiger partial charge in [-0.25, -0.2) is 9.18 Å². The second-order valence-electron chi connectivity index (χ2n) is 5.77. The van der Waals surface area contributed by atoms with Gasteiger partial charge in [0.2, 0.25) is 0 Å². The molecule has 2 amide bonds. The fourth-order valence-electron chi connectivity index (χ4n) is 3.46. The van der Waals surface area contributed by atoms with Crippen LogP contribution < -0.4 is 10.2 Å². The molecule has 1 aromatic carbocycles. The Kier molecular flexibility index (Phi) is 2.96. The Balaban J connectivity index is 2.02. The number of aryl methyl sites for hydroxylation is 1. The van der Waals surface area contributed by atoms with Gasteiger partial charge in [-0.1, -0.05) is 19.3 Å². The third-order valence-corrected chi connectivity index (χ3v) is 4.32. The van der Waals surface area contributed by atoms with Crippen molar-refractivity contribution in [1.29, 1.82) is 0 Å². The molecule has 3 nitrogen and oxygen atoms in total. The van der Waals surface area contributed by atoms with Crippen LogP contribution in [0.15, 0.2) is 18.2 Å². The number of hydrogen-bond donors (Lipinski definition) is 1. The lowest BCUT2D eigenvalue weighted by atomic mass is 9.81. The predicted molar refractivity (Wildman–Crippen MR) is 72.8 cm³/mol. The Morgan fingerprint density at radius 2 is 1.95 bits per heavy atom. The molecule has 0 aromatic heterocycles. The van der Waals surface area contributed by atoms with Gasteiger partial charge in [-0.3, -0.25) is 4.90 Å². The maximum absolute atomic E-state index is 13.6. The molecular weight excluding hydrogens is 243 g/mol. The SMILES string of the molecule is Cc1cc(F)cc(N2C(=O)NCC23CCCCC3)c1. The Morgan fingerprint density at radius 3 is 2.63 bits per heavy atom. The molecule has 1 saturated heterocycles. The van der Waals surface area contributed by atoms with Crippen molar-refractivity contribution in [2.24, 2.45) is 0 Å². The topological polar surface area (TPSA) is 32.3 Å². The number of halogens is 1. The van der Waals surface area contributed by atoms with Crippen LogP contribution in [0.25, 0.3) is 0 Å². The van der Waals surface area contributed by atoms with Crippen LogP contribution in [0, 0.1) is 12.7 Å². The van der Waals surface area contributed by atoms with Gasteiger partial charge < -0.3 is 5.32 Å². The minimum Gasteiger partial charge on any atom is -0.335 e. The Morgan fingerprint density at radius 1 is 1.21 bits per heavy atom. The highest BCUT2D eigenvalue weighted by Gasteiger charge is 2.46. The number of carbonyl (C=O) groups excluding carboxylic acids is 1. The van der Waals surface area contributed by atoms with Crippen molar-refractivity contribution >= 4 is 11.7 Å². The molecule has 1 heterocycles. The van der Waals surface area contributed by atoms with E-state index < -0.39 is 0 Å². The second-order valence-corrected chi connectivity index (χ2v) is 5.77. The molecule has 0 radical (unpaired) electrons. The van der Waals surface area contributed by atoms with E-state index in [0.29, 0.717) is 12.2 Å². The smallest absolute Gasteiger partial charge is 0.322 e. The van der Waals surface area contributed by atoms with E-state index in [2.05, 4.69) is 5.32 Å². The average molecular weight is 262 g/mol. The minimum atomic E-state index is -0.277. The molecule has 1 aliphatic carbocycles. The van der Waals surface area contributed by atoms with Crippen molar-refractivity contribution in [2.45, 2.75) is 44.6 Å². The fraction of sp³-hybridized carbons (Fsp3) is 0.533. The molecular formula is C15H19FN2O. The average Bonchev–Trinajstić information content (AvgIpc) is 2.66. The normalized spacial score (nSPS) is 21.8. The van der Waals surface area contributed by atoms with Gasteiger partial charge in [0.25, 0.3) is 0 Å². The second kappa shape index (κ2) is 4.51. The molecule has 3 rings (SSSR count). The molecule has 102 valence electrons. The third-order valence-electron chi connectivity index (χ3n) is 4.32. The molecule has 1 saturated carbocycles. The number of hydrogen-bond acceptors (Lipinski definition) is 1. The van der Waals surface area contributed by atoms with Crippen LogP contribution in [-0.2, 0) is 0 Å². The standard InChI is InChI=1S/C15H19FN2O/c1-11-7-12(16)9-13(8-11)18-14(19)17-10-15(18)5-3-2-4-6-15/h7-9H,2-6,10H2,1H3,(H,17,19). The van der Waals surface area contributed by atoms with Crippen molar-refractivity contribution in [3.8, 4) is 0 Å². The Labute approximate surface area is 112 Å². The first-order valence-corrected chi connectivity index (χ1v) is 6.96. The van der Waals surface area contributed by atoms with Gasteiger partial charge in [0.1, 0.15) is 5.82 Å². The molecule has 1 N–H and O–H groups in total. The Bertz CT molecular complexity index is 489. The molecule has 2 aliphatic rings. The number of nitrogens with zero attached hydrogens (tertiary/aromatic N) is 1. The van der Waals surface area contributed by atoms with Crippen molar-refractivity contribution in [1.82, 2.24) is 5.32 Å². The zero-order chi connectivity index (χ0) is 13.5. The van der Waals surface area contributed by atoms with E-state index in [1.165, 1.54) is 18.6 Å². The van der Waals surface area contributed by atoms with Gasteiger partial charge >= 0.3 is 6.03 Å². The van der Waals surface area contributed by atoms with Gasteiger partial charge in [0, 0.05) is 12.2 Å². The number of urea groups is 1. The molecule has 0 bridgehead atoms. The van der Waals surface area contributed by atoms with Gasteiger partial charge in [-0.05, 0) is 43.5 Å². The lowest BCUT2D eigenvalue weighted by molar-refractivity contribution is 0.248. The number of rotatable bonds is 1. The molecule has 19 heavy (non-hydrogen) atoms. The largest absolute Gasteiger partial charge is 0.335 e. The number of amides is 2. The summed E-state index contributed by atoms with van der Waals surface area (Å²) in [6, 6.07) is 4.76. The quantitative estimate of drug-likeness (QED) is 0.827. The summed E-state index contributed by atoms with van der Waals surface area (Å²) in [5, 5.41) is 2.93. The summed E-state index contributed by atoms with van der Waals surface area (Å²) >= 11 is 0. The maximum Gasteiger partial charge on any atom is 0.322 e. The van der Waals surface area contributed by atoms with Crippen LogP contribution in [0.3, 0.4) is 0 Å². The number of anilines is 1. The first kappa shape index (κ1) is 12.5. The van der Waals surface area contributed by atoms with Crippen LogP contribution in [0.1, 0.15) is 37.7 Å². The summed E-state index contributed by atoms with van der Waals surface area (Å²) in [4.78, 5) is 14.0. The van der Waals surface area contributed by atoms with E-state index in [1.54, 1.807) is 4.90 Å². The molecule has 0 unspecified atom stereocenters. The first-order chi connectivity index (χ1) is 9.11. The highest BCUT2D eigenvalue weighted by molar-refractivity contribution is 5.96. The lowest BCUT2D eigenvalue weighted by Crippen LogP contribution is -2.48. The van der Waals surface area contributed by atoms with Crippen LogP contribution in [0.4, 0.5) is 14.9 Å². The monoisotopic (exact) mass is 262 g/mol. The van der Waals surface area contributed by atoms with Crippen molar-refractivity contribution < 1.29 is 9.18 Å². The third kappa shape index (κ3) is 2.09. The molecule has 1 aliphatic heterocycles. The Hall–Kier alpha value is -1.58. The molecule has 1 spiro atoms. The zero-order valence-electron chi connectivity index (χ0n) is 11.2. The van der Waals surface area contributed by atoms with E-state index in [-0.39, 0.29) is 17.4 Å². The molecule has 2 fully saturated rings. The van der Waals surface area contributed by atoms with Gasteiger partial charge in [0.05, 0.1) is 5.54 Å². The van der Waals surface area contributed by atoms with Crippen LogP contribution >= 0.6 is 0 Å².